The predicted molar refractivity (Wildman–Crippen MR) is 91.1 cm³/mol. The van der Waals surface area contributed by atoms with Gasteiger partial charge in [-0.15, -0.1) is 0 Å². The maximum absolute atomic E-state index is 12.1. The van der Waals surface area contributed by atoms with Crippen LogP contribution in [0.3, 0.4) is 0 Å². The van der Waals surface area contributed by atoms with Crippen LogP contribution >= 0.6 is 0 Å². The lowest BCUT2D eigenvalue weighted by molar-refractivity contribution is -0.145. The molecular weight excluding hydrogens is 272 g/mol. The zero-order valence-electron chi connectivity index (χ0n) is 15.0. The molecule has 1 aliphatic carbocycles. The Labute approximate surface area is 136 Å². The standard InChI is InChI=1S/C20H30O2/c1-18(2,3)12-14-20(17(21)22,15-13-19(4,5)6)16-10-8-7-9-11-16/h16H,7-11H2,1-6H3,(H,21,22). The highest BCUT2D eigenvalue weighted by molar-refractivity contribution is 5.83. The highest BCUT2D eigenvalue weighted by Crippen LogP contribution is 2.39. The third-order valence-electron chi connectivity index (χ3n) is 3.82. The van der Waals surface area contributed by atoms with E-state index in [1.807, 2.05) is 41.5 Å². The van der Waals surface area contributed by atoms with Crippen molar-refractivity contribution in [3.8, 4) is 23.7 Å². The summed E-state index contributed by atoms with van der Waals surface area (Å²) in [5, 5.41) is 9.96. The number of carbonyl (C=O) groups is 1. The van der Waals surface area contributed by atoms with Crippen molar-refractivity contribution < 1.29 is 9.90 Å². The van der Waals surface area contributed by atoms with Crippen molar-refractivity contribution in [2.45, 2.75) is 73.6 Å². The van der Waals surface area contributed by atoms with Crippen molar-refractivity contribution in [3.63, 3.8) is 0 Å². The Morgan fingerprint density at radius 2 is 1.23 bits per heavy atom. The number of hydrogen-bond acceptors (Lipinski definition) is 1. The van der Waals surface area contributed by atoms with Crippen LogP contribution in [0.15, 0.2) is 0 Å². The van der Waals surface area contributed by atoms with Crippen molar-refractivity contribution in [1.82, 2.24) is 0 Å². The fourth-order valence-electron chi connectivity index (χ4n) is 2.62. The Morgan fingerprint density at radius 1 is 0.818 bits per heavy atom. The van der Waals surface area contributed by atoms with Gasteiger partial charge in [0, 0.05) is 10.8 Å². The summed E-state index contributed by atoms with van der Waals surface area (Å²) in [6, 6.07) is 0. The lowest BCUT2D eigenvalue weighted by Gasteiger charge is -2.32. The van der Waals surface area contributed by atoms with E-state index in [2.05, 4.69) is 23.7 Å². The van der Waals surface area contributed by atoms with Gasteiger partial charge in [-0.25, -0.2) is 4.79 Å². The minimum absolute atomic E-state index is 0.0310. The summed E-state index contributed by atoms with van der Waals surface area (Å²) in [6.45, 7) is 12.0. The van der Waals surface area contributed by atoms with E-state index in [-0.39, 0.29) is 16.7 Å². The first-order valence-corrected chi connectivity index (χ1v) is 8.28. The Balaban J connectivity index is 3.38. The molecule has 22 heavy (non-hydrogen) atoms. The van der Waals surface area contributed by atoms with Crippen LogP contribution < -0.4 is 0 Å². The maximum Gasteiger partial charge on any atom is 0.334 e. The number of carboxylic acids is 1. The fourth-order valence-corrected chi connectivity index (χ4v) is 2.62. The van der Waals surface area contributed by atoms with E-state index < -0.39 is 11.4 Å². The Morgan fingerprint density at radius 3 is 1.55 bits per heavy atom. The average molecular weight is 302 g/mol. The van der Waals surface area contributed by atoms with Gasteiger partial charge < -0.3 is 5.11 Å². The smallest absolute Gasteiger partial charge is 0.334 e. The summed E-state index contributed by atoms with van der Waals surface area (Å²) >= 11 is 0. The van der Waals surface area contributed by atoms with Gasteiger partial charge in [-0.3, -0.25) is 0 Å². The molecule has 0 amide bonds. The molecule has 0 radical (unpaired) electrons. The first-order valence-electron chi connectivity index (χ1n) is 8.28. The van der Waals surface area contributed by atoms with Crippen LogP contribution in [0.25, 0.3) is 0 Å². The number of hydrogen-bond donors (Lipinski definition) is 1. The van der Waals surface area contributed by atoms with Gasteiger partial charge in [-0.2, -0.15) is 0 Å². The van der Waals surface area contributed by atoms with Gasteiger partial charge in [0.1, 0.15) is 0 Å². The van der Waals surface area contributed by atoms with Crippen LogP contribution in [0, 0.1) is 45.8 Å². The maximum atomic E-state index is 12.1. The summed E-state index contributed by atoms with van der Waals surface area (Å²) < 4.78 is 0. The first kappa shape index (κ1) is 18.6. The van der Waals surface area contributed by atoms with E-state index in [0.29, 0.717) is 0 Å². The second kappa shape index (κ2) is 6.78. The van der Waals surface area contributed by atoms with E-state index in [4.69, 9.17) is 0 Å². The molecule has 0 unspecified atom stereocenters. The second-order valence-corrected chi connectivity index (χ2v) is 8.45. The Bertz CT molecular complexity index is 483. The molecule has 0 bridgehead atoms. The Kier molecular flexibility index (Phi) is 5.75. The van der Waals surface area contributed by atoms with Gasteiger partial charge in [-0.1, -0.05) is 42.9 Å². The molecule has 0 spiro atoms. The molecule has 122 valence electrons. The quantitative estimate of drug-likeness (QED) is 0.748. The van der Waals surface area contributed by atoms with Crippen molar-refractivity contribution in [2.75, 3.05) is 0 Å². The molecule has 2 nitrogen and oxygen atoms in total. The second-order valence-electron chi connectivity index (χ2n) is 8.45. The molecule has 0 aromatic heterocycles. The molecule has 2 heteroatoms. The highest BCUT2D eigenvalue weighted by atomic mass is 16.4. The van der Waals surface area contributed by atoms with Crippen LogP contribution in [0.4, 0.5) is 0 Å². The van der Waals surface area contributed by atoms with Crippen LogP contribution in [0.1, 0.15) is 73.6 Å². The zero-order chi connectivity index (χ0) is 17.0. The lowest BCUT2D eigenvalue weighted by atomic mass is 9.68. The average Bonchev–Trinajstić information content (AvgIpc) is 2.37. The molecule has 0 atom stereocenters. The molecule has 0 aliphatic heterocycles. The molecule has 1 aliphatic rings. The van der Waals surface area contributed by atoms with Gasteiger partial charge >= 0.3 is 5.97 Å². The number of aliphatic carboxylic acids is 1. The summed E-state index contributed by atoms with van der Waals surface area (Å²) in [6.07, 6.45) is 5.15. The van der Waals surface area contributed by atoms with E-state index in [1.165, 1.54) is 6.42 Å². The van der Waals surface area contributed by atoms with Gasteiger partial charge in [0.05, 0.1) is 0 Å². The van der Waals surface area contributed by atoms with Gasteiger partial charge in [0.15, 0.2) is 5.41 Å². The van der Waals surface area contributed by atoms with E-state index in [0.717, 1.165) is 25.7 Å². The van der Waals surface area contributed by atoms with Gasteiger partial charge in [0.2, 0.25) is 0 Å². The Hall–Kier alpha value is -1.41. The zero-order valence-corrected chi connectivity index (χ0v) is 15.0. The van der Waals surface area contributed by atoms with Crippen LogP contribution in [-0.4, -0.2) is 11.1 Å². The van der Waals surface area contributed by atoms with Crippen molar-refractivity contribution >= 4 is 5.97 Å². The molecule has 1 saturated carbocycles. The van der Waals surface area contributed by atoms with Crippen molar-refractivity contribution in [2.24, 2.45) is 22.2 Å². The van der Waals surface area contributed by atoms with E-state index >= 15 is 0 Å². The van der Waals surface area contributed by atoms with Crippen LogP contribution in [0.5, 0.6) is 0 Å². The van der Waals surface area contributed by atoms with Crippen LogP contribution in [0.2, 0.25) is 0 Å². The molecule has 1 rings (SSSR count). The van der Waals surface area contributed by atoms with Crippen molar-refractivity contribution in [3.05, 3.63) is 0 Å². The van der Waals surface area contributed by atoms with E-state index in [1.54, 1.807) is 0 Å². The molecular formula is C20H30O2. The summed E-state index contributed by atoms with van der Waals surface area (Å²) in [5.41, 5.74) is -1.67. The molecule has 0 aromatic carbocycles. The normalized spacial score (nSPS) is 17.0. The van der Waals surface area contributed by atoms with E-state index in [9.17, 15) is 9.90 Å². The minimum atomic E-state index is -1.22. The largest absolute Gasteiger partial charge is 0.479 e. The highest BCUT2D eigenvalue weighted by Gasteiger charge is 2.44. The third-order valence-corrected chi connectivity index (χ3v) is 3.82. The third kappa shape index (κ3) is 5.42. The number of carboxylic acid groups (broad SMARTS) is 1. The topological polar surface area (TPSA) is 37.3 Å². The SMILES string of the molecule is CC(C)(C)C#CC(C#CC(C)(C)C)(C(=O)O)C1CCCCC1. The number of rotatable bonds is 2. The molecule has 1 N–H and O–H groups in total. The minimum Gasteiger partial charge on any atom is -0.479 e. The molecule has 0 aromatic rings. The van der Waals surface area contributed by atoms with Gasteiger partial charge in [-0.05, 0) is 60.3 Å². The van der Waals surface area contributed by atoms with Gasteiger partial charge in [0.25, 0.3) is 0 Å². The molecule has 0 saturated heterocycles. The molecule has 1 fully saturated rings. The first-order chi connectivity index (χ1) is 9.96. The predicted octanol–water partition coefficient (Wildman–Crippen LogP) is 4.74. The monoisotopic (exact) mass is 302 g/mol. The summed E-state index contributed by atoms with van der Waals surface area (Å²) in [7, 11) is 0. The van der Waals surface area contributed by atoms with Crippen molar-refractivity contribution in [1.29, 1.82) is 0 Å². The summed E-state index contributed by atoms with van der Waals surface area (Å²) in [4.78, 5) is 12.1. The summed E-state index contributed by atoms with van der Waals surface area (Å²) in [5.74, 6) is 11.6. The fraction of sp³-hybridized carbons (Fsp3) is 0.750. The molecule has 0 heterocycles. The lowest BCUT2D eigenvalue weighted by Crippen LogP contribution is -2.38. The van der Waals surface area contributed by atoms with Crippen LogP contribution in [-0.2, 0) is 4.79 Å².